The molecule has 1 unspecified atom stereocenters. The smallest absolute Gasteiger partial charge is 0.258 e. The molecule has 4 aromatic rings. The summed E-state index contributed by atoms with van der Waals surface area (Å²) in [6.45, 7) is 2.99. The van der Waals surface area contributed by atoms with Gasteiger partial charge in [-0.25, -0.2) is 5.10 Å². The number of nitrogens with zero attached hydrogens (tertiary/aromatic N) is 5. The quantitative estimate of drug-likeness (QED) is 0.402. The highest BCUT2D eigenvalue weighted by atomic mass is 16.5. The van der Waals surface area contributed by atoms with Gasteiger partial charge in [0.15, 0.2) is 0 Å². The van der Waals surface area contributed by atoms with Gasteiger partial charge in [-0.1, -0.05) is 54.7 Å². The van der Waals surface area contributed by atoms with E-state index in [1.807, 2.05) is 17.0 Å². The first-order valence-corrected chi connectivity index (χ1v) is 14.3. The number of ether oxygens (including phenoxy) is 1. The summed E-state index contributed by atoms with van der Waals surface area (Å²) in [5, 5.41) is 17.4. The molecular formula is C30H33N7O3. The maximum Gasteiger partial charge on any atom is 0.258 e. The van der Waals surface area contributed by atoms with Crippen LogP contribution >= 0.6 is 0 Å². The molecule has 2 fully saturated rings. The fourth-order valence-electron chi connectivity index (χ4n) is 6.88. The van der Waals surface area contributed by atoms with E-state index in [-0.39, 0.29) is 23.7 Å². The Bertz CT molecular complexity index is 1550. The minimum absolute atomic E-state index is 0.179. The van der Waals surface area contributed by atoms with Crippen LogP contribution in [0.1, 0.15) is 59.5 Å². The van der Waals surface area contributed by atoms with Crippen molar-refractivity contribution in [1.82, 2.24) is 30.1 Å². The van der Waals surface area contributed by atoms with Crippen molar-refractivity contribution in [2.45, 2.75) is 51.0 Å². The number of benzene rings is 2. The molecular weight excluding hydrogens is 506 g/mol. The molecule has 1 aliphatic carbocycles. The molecule has 2 aromatic heterocycles. The zero-order valence-corrected chi connectivity index (χ0v) is 22.4. The summed E-state index contributed by atoms with van der Waals surface area (Å²) in [5.74, 6) is 0.344. The summed E-state index contributed by atoms with van der Waals surface area (Å²) in [7, 11) is 0. The van der Waals surface area contributed by atoms with Gasteiger partial charge in [-0.05, 0) is 58.9 Å². The van der Waals surface area contributed by atoms with Crippen molar-refractivity contribution in [1.29, 1.82) is 0 Å². The summed E-state index contributed by atoms with van der Waals surface area (Å²) in [5.41, 5.74) is 6.52. The Morgan fingerprint density at radius 3 is 2.65 bits per heavy atom. The fraction of sp³-hybridized carbons (Fsp3) is 0.433. The average molecular weight is 540 g/mol. The first-order chi connectivity index (χ1) is 19.7. The predicted octanol–water partition coefficient (Wildman–Crippen LogP) is 4.15. The van der Waals surface area contributed by atoms with Gasteiger partial charge in [-0.15, -0.1) is 0 Å². The van der Waals surface area contributed by atoms with E-state index in [0.29, 0.717) is 50.8 Å². The van der Waals surface area contributed by atoms with Crippen molar-refractivity contribution in [3.63, 3.8) is 0 Å². The van der Waals surface area contributed by atoms with Gasteiger partial charge < -0.3 is 14.2 Å². The number of amides is 2. The molecule has 2 amide bonds. The number of H-pyrrole nitrogens is 1. The largest absolute Gasteiger partial charge is 0.378 e. The molecule has 1 saturated carbocycles. The summed E-state index contributed by atoms with van der Waals surface area (Å²) in [6, 6.07) is 14.5. The third-order valence-electron chi connectivity index (χ3n) is 8.77. The van der Waals surface area contributed by atoms with Crippen molar-refractivity contribution < 1.29 is 14.3 Å². The van der Waals surface area contributed by atoms with Gasteiger partial charge in [-0.3, -0.25) is 14.9 Å². The van der Waals surface area contributed by atoms with E-state index < -0.39 is 0 Å². The topological polar surface area (TPSA) is 118 Å². The van der Waals surface area contributed by atoms with Gasteiger partial charge in [0.05, 0.1) is 24.8 Å². The average Bonchev–Trinajstić information content (AvgIpc) is 3.59. The Hall–Kier alpha value is -4.05. The molecule has 10 nitrogen and oxygen atoms in total. The van der Waals surface area contributed by atoms with Gasteiger partial charge in [0.2, 0.25) is 11.9 Å². The lowest BCUT2D eigenvalue weighted by Crippen LogP contribution is -2.45. The minimum Gasteiger partial charge on any atom is -0.378 e. The second-order valence-corrected chi connectivity index (χ2v) is 11.1. The van der Waals surface area contributed by atoms with E-state index in [1.165, 1.54) is 47.0 Å². The summed E-state index contributed by atoms with van der Waals surface area (Å²) in [6.07, 6.45) is 6.73. The van der Waals surface area contributed by atoms with E-state index in [0.717, 1.165) is 18.4 Å². The Balaban J connectivity index is 1.39. The molecule has 3 aliphatic rings. The van der Waals surface area contributed by atoms with Crippen LogP contribution in [0.15, 0.2) is 42.5 Å². The summed E-state index contributed by atoms with van der Waals surface area (Å²) < 4.78 is 7.86. The van der Waals surface area contributed by atoms with E-state index in [2.05, 4.69) is 60.8 Å². The Kier molecular flexibility index (Phi) is 6.55. The number of hydrogen-bond acceptors (Lipinski definition) is 6. The highest BCUT2D eigenvalue weighted by molar-refractivity contribution is 6.06. The molecule has 4 heterocycles. The van der Waals surface area contributed by atoms with E-state index in [1.54, 1.807) is 0 Å². The molecule has 2 aliphatic heterocycles. The van der Waals surface area contributed by atoms with Crippen LogP contribution in [0.4, 0.5) is 5.95 Å². The molecule has 206 valence electrons. The maximum absolute atomic E-state index is 13.9. The lowest BCUT2D eigenvalue weighted by atomic mass is 9.81. The number of hydrogen-bond donors (Lipinski definition) is 2. The van der Waals surface area contributed by atoms with Crippen molar-refractivity contribution in [2.75, 3.05) is 31.6 Å². The molecule has 0 radical (unpaired) electrons. The van der Waals surface area contributed by atoms with Crippen molar-refractivity contribution in [3.05, 3.63) is 59.2 Å². The molecule has 1 saturated heterocycles. The van der Waals surface area contributed by atoms with Gasteiger partial charge in [0, 0.05) is 41.7 Å². The number of aromatic amines is 1. The van der Waals surface area contributed by atoms with Gasteiger partial charge in [0.1, 0.15) is 0 Å². The first-order valence-electron chi connectivity index (χ1n) is 14.3. The van der Waals surface area contributed by atoms with Gasteiger partial charge >= 0.3 is 0 Å². The molecule has 1 atom stereocenters. The second-order valence-electron chi connectivity index (χ2n) is 11.1. The lowest BCUT2D eigenvalue weighted by Gasteiger charge is -2.30. The second kappa shape index (κ2) is 10.5. The van der Waals surface area contributed by atoms with Crippen molar-refractivity contribution in [2.24, 2.45) is 5.92 Å². The van der Waals surface area contributed by atoms with Crippen LogP contribution in [-0.2, 0) is 22.5 Å². The highest BCUT2D eigenvalue weighted by Crippen LogP contribution is 2.46. The number of fused-ring (bicyclic) bond motifs is 5. The van der Waals surface area contributed by atoms with Crippen LogP contribution in [0, 0.1) is 5.92 Å². The SMILES string of the molecule is O=C(Nc1nnn[nH]1)c1ccc2c(C3CCCCC3)c3n(c2c1)CC(C(=O)N1CCOCC1)Cc1ccccc1-3. The van der Waals surface area contributed by atoms with Crippen molar-refractivity contribution >= 4 is 28.7 Å². The molecule has 2 aromatic carbocycles. The third kappa shape index (κ3) is 4.46. The molecule has 10 heteroatoms. The van der Waals surface area contributed by atoms with E-state index >= 15 is 0 Å². The van der Waals surface area contributed by atoms with E-state index in [9.17, 15) is 9.59 Å². The normalized spacial score (nSPS) is 19.6. The Labute approximate surface area is 232 Å². The molecule has 2 N–H and O–H groups in total. The maximum atomic E-state index is 13.9. The zero-order chi connectivity index (χ0) is 27.1. The Morgan fingerprint density at radius 1 is 1.02 bits per heavy atom. The summed E-state index contributed by atoms with van der Waals surface area (Å²) in [4.78, 5) is 29.0. The monoisotopic (exact) mass is 539 g/mol. The zero-order valence-electron chi connectivity index (χ0n) is 22.4. The van der Waals surface area contributed by atoms with Crippen LogP contribution in [0.2, 0.25) is 0 Å². The number of carbonyl (C=O) groups is 2. The number of carbonyl (C=O) groups excluding carboxylic acids is 2. The van der Waals surface area contributed by atoms with Gasteiger partial charge in [0.25, 0.3) is 5.91 Å². The van der Waals surface area contributed by atoms with Crippen LogP contribution in [0.5, 0.6) is 0 Å². The highest BCUT2D eigenvalue weighted by Gasteiger charge is 2.34. The van der Waals surface area contributed by atoms with Crippen LogP contribution in [0.25, 0.3) is 22.2 Å². The lowest BCUT2D eigenvalue weighted by molar-refractivity contribution is -0.140. The number of rotatable bonds is 4. The number of aromatic nitrogens is 5. The Morgan fingerprint density at radius 2 is 1.85 bits per heavy atom. The molecule has 0 spiro atoms. The third-order valence-corrected chi connectivity index (χ3v) is 8.77. The number of morpholine rings is 1. The predicted molar refractivity (Wildman–Crippen MR) is 150 cm³/mol. The first kappa shape index (κ1) is 25.0. The fourth-order valence-corrected chi connectivity index (χ4v) is 6.88. The van der Waals surface area contributed by atoms with Crippen LogP contribution in [0.3, 0.4) is 0 Å². The van der Waals surface area contributed by atoms with Crippen LogP contribution < -0.4 is 5.32 Å². The molecule has 0 bridgehead atoms. The number of tetrazole rings is 1. The van der Waals surface area contributed by atoms with Crippen molar-refractivity contribution in [3.8, 4) is 11.3 Å². The number of anilines is 1. The standard InChI is InChI=1S/C30H33N7O3/c38-28(31-30-32-34-35-33-30)21-10-11-24-25(17-21)37-18-22(29(39)36-12-14-40-15-13-36)16-20-8-4-5-9-23(20)27(37)26(24)19-6-2-1-3-7-19/h4-5,8-11,17,19,22H,1-3,6-7,12-16,18H2,(H2,31,32,33,34,35,38). The molecule has 7 rings (SSSR count). The minimum atomic E-state index is -0.287. The summed E-state index contributed by atoms with van der Waals surface area (Å²) >= 11 is 0. The van der Waals surface area contributed by atoms with E-state index in [4.69, 9.17) is 4.74 Å². The van der Waals surface area contributed by atoms with Crippen LogP contribution in [-0.4, -0.2) is 68.2 Å². The van der Waals surface area contributed by atoms with Gasteiger partial charge in [-0.2, -0.15) is 0 Å². The molecule has 40 heavy (non-hydrogen) atoms. The number of nitrogens with one attached hydrogen (secondary N) is 2.